The average molecular weight is 284 g/mol. The molecule has 2 rings (SSSR count). The molecule has 106 valence electrons. The van der Waals surface area contributed by atoms with Crippen LogP contribution in [0, 0.1) is 0 Å². The fourth-order valence-corrected chi connectivity index (χ4v) is 1.61. The first-order valence-electron chi connectivity index (χ1n) is 5.53. The normalized spacial score (nSPS) is 12.4. The third kappa shape index (κ3) is 3.12. The Morgan fingerprint density at radius 2 is 1.80 bits per heavy atom. The van der Waals surface area contributed by atoms with Crippen molar-refractivity contribution in [3.8, 4) is 5.75 Å². The van der Waals surface area contributed by atoms with E-state index in [4.69, 9.17) is 9.52 Å². The van der Waals surface area contributed by atoms with Gasteiger partial charge in [-0.25, -0.2) is 4.79 Å². The number of alkyl halides is 2. The Morgan fingerprint density at radius 3 is 2.30 bits per heavy atom. The summed E-state index contributed by atoms with van der Waals surface area (Å²) in [6.07, 6.45) is -1.19. The number of carbonyl (C=O) groups is 1. The number of rotatable bonds is 5. The smallest absolute Gasteiger partial charge is 0.387 e. The lowest BCUT2D eigenvalue weighted by Crippen LogP contribution is -2.03. The number of carboxylic acids is 1. The second-order valence-electron chi connectivity index (χ2n) is 3.86. The van der Waals surface area contributed by atoms with Crippen LogP contribution in [0.1, 0.15) is 28.0 Å². The highest BCUT2D eigenvalue weighted by Gasteiger charge is 2.17. The molecule has 0 aliphatic heterocycles. The van der Waals surface area contributed by atoms with Crippen molar-refractivity contribution in [3.05, 3.63) is 53.5 Å². The van der Waals surface area contributed by atoms with E-state index in [1.807, 2.05) is 0 Å². The molecule has 0 radical (unpaired) electrons. The summed E-state index contributed by atoms with van der Waals surface area (Å²) < 4.78 is 33.1. The summed E-state index contributed by atoms with van der Waals surface area (Å²) in [5.41, 5.74) is 0.359. The third-order valence-electron chi connectivity index (χ3n) is 2.53. The summed E-state index contributed by atoms with van der Waals surface area (Å²) in [7, 11) is 0. The van der Waals surface area contributed by atoms with Gasteiger partial charge >= 0.3 is 12.6 Å². The maximum Gasteiger partial charge on any atom is 0.387 e. The summed E-state index contributed by atoms with van der Waals surface area (Å²) in [5, 5.41) is 18.7. The van der Waals surface area contributed by atoms with Crippen molar-refractivity contribution in [3.63, 3.8) is 0 Å². The molecule has 2 aromatic rings. The molecule has 0 aliphatic carbocycles. The molecule has 0 aliphatic rings. The molecule has 2 N–H and O–H groups in total. The van der Waals surface area contributed by atoms with Gasteiger partial charge in [-0.2, -0.15) is 8.78 Å². The maximum atomic E-state index is 12.0. The fourth-order valence-electron chi connectivity index (χ4n) is 1.61. The first-order valence-corrected chi connectivity index (χ1v) is 5.53. The molecule has 1 aromatic carbocycles. The minimum absolute atomic E-state index is 0.0402. The molecule has 1 aromatic heterocycles. The van der Waals surface area contributed by atoms with E-state index in [2.05, 4.69) is 4.74 Å². The van der Waals surface area contributed by atoms with Crippen LogP contribution >= 0.6 is 0 Å². The van der Waals surface area contributed by atoms with Crippen molar-refractivity contribution in [2.45, 2.75) is 12.7 Å². The van der Waals surface area contributed by atoms with Gasteiger partial charge in [0.05, 0.1) is 0 Å². The minimum Gasteiger partial charge on any atom is -0.475 e. The molecular weight excluding hydrogens is 274 g/mol. The lowest BCUT2D eigenvalue weighted by molar-refractivity contribution is -0.0498. The highest BCUT2D eigenvalue weighted by Crippen LogP contribution is 2.26. The molecule has 0 spiro atoms. The van der Waals surface area contributed by atoms with Crippen molar-refractivity contribution in [1.29, 1.82) is 0 Å². The van der Waals surface area contributed by atoms with E-state index in [9.17, 15) is 18.7 Å². The van der Waals surface area contributed by atoms with Gasteiger partial charge in [-0.1, -0.05) is 12.1 Å². The molecule has 0 saturated carbocycles. The van der Waals surface area contributed by atoms with Gasteiger partial charge in [-0.3, -0.25) is 0 Å². The molecule has 0 fully saturated rings. The van der Waals surface area contributed by atoms with E-state index >= 15 is 0 Å². The number of ether oxygens (including phenoxy) is 1. The minimum atomic E-state index is -2.92. The molecule has 5 nitrogen and oxygen atoms in total. The largest absolute Gasteiger partial charge is 0.475 e. The summed E-state index contributed by atoms with van der Waals surface area (Å²) in [6.45, 7) is -2.92. The van der Waals surface area contributed by atoms with E-state index in [-0.39, 0.29) is 17.3 Å². The van der Waals surface area contributed by atoms with Gasteiger partial charge in [0.25, 0.3) is 0 Å². The number of hydrogen-bond donors (Lipinski definition) is 2. The van der Waals surface area contributed by atoms with Crippen LogP contribution in [0.5, 0.6) is 5.75 Å². The zero-order valence-electron chi connectivity index (χ0n) is 9.99. The molecular formula is C13H10F2O5. The standard InChI is InChI=1S/C13H10F2O5/c14-13(15)19-8-3-1-7(2-4-8)11(16)9-5-6-10(20-9)12(17)18/h1-6,11,13,16H,(H,17,18). The number of carboxylic acid groups (broad SMARTS) is 1. The number of aliphatic hydroxyl groups excluding tert-OH is 1. The zero-order chi connectivity index (χ0) is 14.7. The molecule has 0 bridgehead atoms. The predicted molar refractivity (Wildman–Crippen MR) is 62.8 cm³/mol. The van der Waals surface area contributed by atoms with Crippen molar-refractivity contribution < 1.29 is 32.9 Å². The van der Waals surface area contributed by atoms with E-state index in [1.165, 1.54) is 36.4 Å². The second-order valence-corrected chi connectivity index (χ2v) is 3.86. The van der Waals surface area contributed by atoms with Gasteiger partial charge in [0.15, 0.2) is 0 Å². The SMILES string of the molecule is O=C(O)c1ccc(C(O)c2ccc(OC(F)F)cc2)o1. The number of aromatic carboxylic acids is 1. The highest BCUT2D eigenvalue weighted by molar-refractivity contribution is 5.84. The Balaban J connectivity index is 2.15. The van der Waals surface area contributed by atoms with Crippen LogP contribution in [0.15, 0.2) is 40.8 Å². The Hall–Kier alpha value is -2.41. The first-order chi connectivity index (χ1) is 9.47. The van der Waals surface area contributed by atoms with Gasteiger partial charge in [0, 0.05) is 0 Å². The Kier molecular flexibility index (Phi) is 3.99. The number of furan rings is 1. The van der Waals surface area contributed by atoms with E-state index < -0.39 is 18.7 Å². The summed E-state index contributed by atoms with van der Waals surface area (Å²) in [6, 6.07) is 7.85. The summed E-state index contributed by atoms with van der Waals surface area (Å²) in [4.78, 5) is 10.7. The van der Waals surface area contributed by atoms with Gasteiger partial charge in [0.1, 0.15) is 17.6 Å². The van der Waals surface area contributed by atoms with Gasteiger partial charge in [0.2, 0.25) is 5.76 Å². The summed E-state index contributed by atoms with van der Waals surface area (Å²) in [5.74, 6) is -1.53. The number of aliphatic hydroxyl groups is 1. The predicted octanol–water partition coefficient (Wildman–Crippen LogP) is 2.66. The number of halogens is 2. The van der Waals surface area contributed by atoms with Crippen LogP contribution < -0.4 is 4.74 Å². The highest BCUT2D eigenvalue weighted by atomic mass is 19.3. The monoisotopic (exact) mass is 284 g/mol. The van der Waals surface area contributed by atoms with Gasteiger partial charge in [-0.15, -0.1) is 0 Å². The van der Waals surface area contributed by atoms with E-state index in [1.54, 1.807) is 0 Å². The average Bonchev–Trinajstić information content (AvgIpc) is 2.88. The van der Waals surface area contributed by atoms with Crippen LogP contribution in [-0.2, 0) is 0 Å². The Labute approximate surface area is 112 Å². The Bertz CT molecular complexity index is 591. The lowest BCUT2D eigenvalue weighted by atomic mass is 10.1. The summed E-state index contributed by atoms with van der Waals surface area (Å²) >= 11 is 0. The van der Waals surface area contributed by atoms with Crippen molar-refractivity contribution in [2.75, 3.05) is 0 Å². The van der Waals surface area contributed by atoms with Crippen molar-refractivity contribution in [2.24, 2.45) is 0 Å². The topological polar surface area (TPSA) is 79.9 Å². The molecule has 1 heterocycles. The van der Waals surface area contributed by atoms with Crippen LogP contribution in [0.25, 0.3) is 0 Å². The number of hydrogen-bond acceptors (Lipinski definition) is 4. The Morgan fingerprint density at radius 1 is 1.15 bits per heavy atom. The number of benzene rings is 1. The van der Waals surface area contributed by atoms with Gasteiger partial charge in [-0.05, 0) is 29.8 Å². The van der Waals surface area contributed by atoms with Crippen molar-refractivity contribution in [1.82, 2.24) is 0 Å². The fraction of sp³-hybridized carbons (Fsp3) is 0.154. The third-order valence-corrected chi connectivity index (χ3v) is 2.53. The lowest BCUT2D eigenvalue weighted by Gasteiger charge is -2.09. The molecule has 7 heteroatoms. The quantitative estimate of drug-likeness (QED) is 0.882. The first kappa shape index (κ1) is 14.0. The molecule has 0 saturated heterocycles. The van der Waals surface area contributed by atoms with E-state index in [0.29, 0.717) is 5.56 Å². The molecule has 0 amide bonds. The molecule has 1 atom stereocenters. The second kappa shape index (κ2) is 5.70. The maximum absolute atomic E-state index is 12.0. The van der Waals surface area contributed by atoms with Crippen molar-refractivity contribution >= 4 is 5.97 Å². The molecule has 1 unspecified atom stereocenters. The zero-order valence-corrected chi connectivity index (χ0v) is 9.99. The van der Waals surface area contributed by atoms with Gasteiger partial charge < -0.3 is 19.4 Å². The molecule has 20 heavy (non-hydrogen) atoms. The van der Waals surface area contributed by atoms with Crippen LogP contribution in [0.4, 0.5) is 8.78 Å². The van der Waals surface area contributed by atoms with Crippen LogP contribution in [0.3, 0.4) is 0 Å². The van der Waals surface area contributed by atoms with E-state index in [0.717, 1.165) is 0 Å². The van der Waals surface area contributed by atoms with Crippen LogP contribution in [0.2, 0.25) is 0 Å². The van der Waals surface area contributed by atoms with Crippen LogP contribution in [-0.4, -0.2) is 22.8 Å².